The summed E-state index contributed by atoms with van der Waals surface area (Å²) in [6, 6.07) is 13.2. The third kappa shape index (κ3) is 5.04. The zero-order valence-corrected chi connectivity index (χ0v) is 13.7. The lowest BCUT2D eigenvalue weighted by molar-refractivity contribution is -0.385. The molecule has 0 fully saturated rings. The molecule has 0 saturated carbocycles. The van der Waals surface area contributed by atoms with Gasteiger partial charge < -0.3 is 10.1 Å². The Hall–Kier alpha value is -3.40. The van der Waals surface area contributed by atoms with Gasteiger partial charge in [0.05, 0.1) is 17.6 Å². The van der Waals surface area contributed by atoms with Crippen molar-refractivity contribution in [2.75, 3.05) is 11.9 Å². The Labute approximate surface area is 145 Å². The molecule has 0 radical (unpaired) electrons. The van der Waals surface area contributed by atoms with Gasteiger partial charge in [-0.1, -0.05) is 6.07 Å². The largest absolute Gasteiger partial charge is 0.493 e. The summed E-state index contributed by atoms with van der Waals surface area (Å²) < 4.78 is 5.52. The van der Waals surface area contributed by atoms with Crippen molar-refractivity contribution in [2.45, 2.75) is 19.8 Å². The van der Waals surface area contributed by atoms with E-state index in [0.29, 0.717) is 42.0 Å². The molecule has 0 saturated heterocycles. The highest BCUT2D eigenvalue weighted by Crippen LogP contribution is 2.21. The lowest BCUT2D eigenvalue weighted by atomic mass is 10.1. The van der Waals surface area contributed by atoms with Gasteiger partial charge in [0.2, 0.25) is 0 Å². The number of nitro benzene ring substituents is 1. The fourth-order valence-corrected chi connectivity index (χ4v) is 2.21. The summed E-state index contributed by atoms with van der Waals surface area (Å²) in [6.07, 6.45) is 1.06. The highest BCUT2D eigenvalue weighted by molar-refractivity contribution is 6.04. The minimum Gasteiger partial charge on any atom is -0.493 e. The molecule has 0 aliphatic carbocycles. The molecule has 1 amide bonds. The van der Waals surface area contributed by atoms with Crippen LogP contribution in [0.2, 0.25) is 0 Å². The van der Waals surface area contributed by atoms with Crippen LogP contribution in [-0.2, 0) is 0 Å². The smallest absolute Gasteiger partial charge is 0.272 e. The maximum atomic E-state index is 12.3. The molecule has 0 heterocycles. The van der Waals surface area contributed by atoms with Crippen LogP contribution >= 0.6 is 0 Å². The van der Waals surface area contributed by atoms with E-state index in [9.17, 15) is 14.9 Å². The number of nitriles is 1. The average Bonchev–Trinajstić information content (AvgIpc) is 2.58. The van der Waals surface area contributed by atoms with Crippen LogP contribution in [-0.4, -0.2) is 17.4 Å². The summed E-state index contributed by atoms with van der Waals surface area (Å²) >= 11 is 0. The van der Waals surface area contributed by atoms with Gasteiger partial charge >= 0.3 is 0 Å². The number of anilines is 1. The van der Waals surface area contributed by atoms with Crippen molar-refractivity contribution in [1.29, 1.82) is 5.26 Å². The van der Waals surface area contributed by atoms with Crippen LogP contribution in [0.5, 0.6) is 5.75 Å². The van der Waals surface area contributed by atoms with Gasteiger partial charge in [0.25, 0.3) is 11.6 Å². The number of carbonyl (C=O) groups is 1. The summed E-state index contributed by atoms with van der Waals surface area (Å²) in [5, 5.41) is 22.1. The highest BCUT2D eigenvalue weighted by atomic mass is 16.6. The summed E-state index contributed by atoms with van der Waals surface area (Å²) in [7, 11) is 0. The average molecular weight is 339 g/mol. The Kier molecular flexibility index (Phi) is 6.07. The maximum Gasteiger partial charge on any atom is 0.272 e. The van der Waals surface area contributed by atoms with Crippen molar-refractivity contribution in [3.63, 3.8) is 0 Å². The number of rotatable bonds is 7. The van der Waals surface area contributed by atoms with E-state index in [1.54, 1.807) is 31.2 Å². The molecule has 0 spiro atoms. The molecule has 7 nitrogen and oxygen atoms in total. The molecular formula is C18H17N3O4. The normalized spacial score (nSPS) is 9.92. The maximum absolute atomic E-state index is 12.3. The number of nitro groups is 1. The zero-order chi connectivity index (χ0) is 18.2. The summed E-state index contributed by atoms with van der Waals surface area (Å²) in [5.74, 6) is 0.232. The highest BCUT2D eigenvalue weighted by Gasteiger charge is 2.14. The molecule has 0 aliphatic rings. The minimum atomic E-state index is -0.482. The molecule has 0 aromatic heterocycles. The van der Waals surface area contributed by atoms with Crippen LogP contribution in [0.1, 0.15) is 28.8 Å². The number of hydrogen-bond donors (Lipinski definition) is 1. The van der Waals surface area contributed by atoms with Crippen molar-refractivity contribution in [1.82, 2.24) is 0 Å². The first kappa shape index (κ1) is 17.9. The number of hydrogen-bond acceptors (Lipinski definition) is 5. The predicted molar refractivity (Wildman–Crippen MR) is 92.6 cm³/mol. The molecular weight excluding hydrogens is 322 g/mol. The minimum absolute atomic E-state index is 0.0238. The Morgan fingerprint density at radius 3 is 2.80 bits per heavy atom. The second-order valence-electron chi connectivity index (χ2n) is 5.35. The molecule has 7 heteroatoms. The van der Waals surface area contributed by atoms with Crippen LogP contribution in [0.15, 0.2) is 42.5 Å². The molecule has 0 bridgehead atoms. The fraction of sp³-hybridized carbons (Fsp3) is 0.222. The van der Waals surface area contributed by atoms with Gasteiger partial charge in [-0.3, -0.25) is 14.9 Å². The number of amides is 1. The molecule has 128 valence electrons. The first-order valence-electron chi connectivity index (χ1n) is 7.67. The first-order valence-corrected chi connectivity index (χ1v) is 7.67. The van der Waals surface area contributed by atoms with Crippen molar-refractivity contribution in [2.24, 2.45) is 0 Å². The molecule has 2 rings (SSSR count). The van der Waals surface area contributed by atoms with Gasteiger partial charge in [-0.25, -0.2) is 0 Å². The lowest BCUT2D eigenvalue weighted by Gasteiger charge is -2.09. The van der Waals surface area contributed by atoms with E-state index >= 15 is 0 Å². The van der Waals surface area contributed by atoms with Crippen molar-refractivity contribution >= 4 is 17.3 Å². The van der Waals surface area contributed by atoms with E-state index in [4.69, 9.17) is 10.00 Å². The molecule has 25 heavy (non-hydrogen) atoms. The van der Waals surface area contributed by atoms with Gasteiger partial charge in [0.1, 0.15) is 5.75 Å². The number of nitrogens with zero attached hydrogens (tertiary/aromatic N) is 2. The van der Waals surface area contributed by atoms with Gasteiger partial charge in [-0.2, -0.15) is 5.26 Å². The number of benzene rings is 2. The number of unbranched alkanes of at least 4 members (excludes halogenated alkanes) is 1. The predicted octanol–water partition coefficient (Wildman–Crippen LogP) is 3.84. The second-order valence-corrected chi connectivity index (χ2v) is 5.35. The topological polar surface area (TPSA) is 105 Å². The SMILES string of the molecule is Cc1cc(C(=O)Nc2cccc(OCCCC#N)c2)ccc1[N+](=O)[O-]. The van der Waals surface area contributed by atoms with Crippen LogP contribution in [0.25, 0.3) is 0 Å². The fourth-order valence-electron chi connectivity index (χ4n) is 2.21. The lowest BCUT2D eigenvalue weighted by Crippen LogP contribution is -2.12. The number of ether oxygens (including phenoxy) is 1. The standard InChI is InChI=1S/C18H17N3O4/c1-13-11-14(7-8-17(13)21(23)24)18(22)20-15-5-4-6-16(12-15)25-10-3-2-9-19/h4-8,11-12H,2-3,10H2,1H3,(H,20,22). The zero-order valence-electron chi connectivity index (χ0n) is 13.7. The Bertz CT molecular complexity index is 827. The molecule has 2 aromatic rings. The van der Waals surface area contributed by atoms with Crippen LogP contribution < -0.4 is 10.1 Å². The van der Waals surface area contributed by atoms with Crippen molar-refractivity contribution in [3.05, 3.63) is 63.7 Å². The van der Waals surface area contributed by atoms with Gasteiger partial charge in [0, 0.05) is 35.4 Å². The van der Waals surface area contributed by atoms with Crippen molar-refractivity contribution < 1.29 is 14.5 Å². The van der Waals surface area contributed by atoms with Crippen LogP contribution in [0, 0.1) is 28.4 Å². The van der Waals surface area contributed by atoms with E-state index in [2.05, 4.69) is 5.32 Å². The Morgan fingerprint density at radius 1 is 1.32 bits per heavy atom. The van der Waals surface area contributed by atoms with E-state index in [1.807, 2.05) is 6.07 Å². The number of nitrogens with one attached hydrogen (secondary N) is 1. The molecule has 2 aromatic carbocycles. The summed E-state index contributed by atoms with van der Waals surface area (Å²) in [5.41, 5.74) is 1.29. The number of carbonyl (C=O) groups excluding carboxylic acids is 1. The molecule has 1 N–H and O–H groups in total. The van der Waals surface area contributed by atoms with Gasteiger partial charge in [0.15, 0.2) is 0 Å². The van der Waals surface area contributed by atoms with Crippen molar-refractivity contribution in [3.8, 4) is 11.8 Å². The number of aryl methyl sites for hydroxylation is 1. The monoisotopic (exact) mass is 339 g/mol. The van der Waals surface area contributed by atoms with E-state index in [-0.39, 0.29) is 11.6 Å². The van der Waals surface area contributed by atoms with E-state index < -0.39 is 4.92 Å². The quantitative estimate of drug-likeness (QED) is 0.469. The Morgan fingerprint density at radius 2 is 2.12 bits per heavy atom. The Balaban J connectivity index is 2.04. The summed E-state index contributed by atoms with van der Waals surface area (Å²) in [4.78, 5) is 22.7. The third-order valence-electron chi connectivity index (χ3n) is 3.45. The van der Waals surface area contributed by atoms with Gasteiger partial charge in [-0.15, -0.1) is 0 Å². The molecule has 0 aliphatic heterocycles. The second kappa shape index (κ2) is 8.45. The summed E-state index contributed by atoms with van der Waals surface area (Å²) in [6.45, 7) is 2.01. The molecule has 0 atom stereocenters. The van der Waals surface area contributed by atoms with Gasteiger partial charge in [-0.05, 0) is 37.6 Å². The van der Waals surface area contributed by atoms with Crippen LogP contribution in [0.4, 0.5) is 11.4 Å². The van der Waals surface area contributed by atoms with E-state index in [0.717, 1.165) is 0 Å². The van der Waals surface area contributed by atoms with Crippen LogP contribution in [0.3, 0.4) is 0 Å². The van der Waals surface area contributed by atoms with E-state index in [1.165, 1.54) is 18.2 Å². The first-order chi connectivity index (χ1) is 12.0. The third-order valence-corrected chi connectivity index (χ3v) is 3.45. The molecule has 0 unspecified atom stereocenters.